The molecule has 3 aromatic rings. The van der Waals surface area contributed by atoms with Crippen LogP contribution in [-0.4, -0.2) is 38.4 Å². The van der Waals surface area contributed by atoms with Crippen LogP contribution in [0.3, 0.4) is 0 Å². The first kappa shape index (κ1) is 26.7. The molecule has 10 heteroatoms. The lowest BCUT2D eigenvalue weighted by atomic mass is 10.2. The van der Waals surface area contributed by atoms with Crippen LogP contribution < -0.4 is 15.4 Å². The molecule has 2 amide bonds. The van der Waals surface area contributed by atoms with Gasteiger partial charge in [0.2, 0.25) is 5.91 Å². The average Bonchev–Trinajstić information content (AvgIpc) is 3.25. The molecule has 0 radical (unpaired) electrons. The Balaban J connectivity index is 1.51. The van der Waals surface area contributed by atoms with Gasteiger partial charge in [0.25, 0.3) is 5.91 Å². The van der Waals surface area contributed by atoms with Crippen molar-refractivity contribution < 1.29 is 14.3 Å². The Labute approximate surface area is 218 Å². The minimum absolute atomic E-state index is 0.126. The maximum atomic E-state index is 12.5. The molecule has 1 aromatic heterocycles. The number of carbonyl (C=O) groups is 2. The molecule has 0 unspecified atom stereocenters. The van der Waals surface area contributed by atoms with E-state index in [1.807, 2.05) is 60.9 Å². The summed E-state index contributed by atoms with van der Waals surface area (Å²) < 4.78 is 8.60. The summed E-state index contributed by atoms with van der Waals surface area (Å²) in [7, 11) is 0. The molecular formula is C25H30BrN5O3S. The quantitative estimate of drug-likeness (QED) is 0.329. The molecule has 1 heterocycles. The number of benzene rings is 2. The number of aromatic nitrogens is 3. The van der Waals surface area contributed by atoms with E-state index in [-0.39, 0.29) is 24.1 Å². The number of hydrogen-bond acceptors (Lipinski definition) is 6. The fourth-order valence-corrected chi connectivity index (χ4v) is 4.63. The van der Waals surface area contributed by atoms with E-state index >= 15 is 0 Å². The van der Waals surface area contributed by atoms with Gasteiger partial charge in [-0.3, -0.25) is 9.59 Å². The first-order chi connectivity index (χ1) is 16.8. The van der Waals surface area contributed by atoms with Gasteiger partial charge in [-0.25, -0.2) is 0 Å². The summed E-state index contributed by atoms with van der Waals surface area (Å²) in [6, 6.07) is 13.4. The van der Waals surface area contributed by atoms with E-state index in [4.69, 9.17) is 4.74 Å². The molecule has 0 bridgehead atoms. The van der Waals surface area contributed by atoms with Crippen molar-refractivity contribution in [3.63, 3.8) is 0 Å². The minimum Gasteiger partial charge on any atom is -0.481 e. The lowest BCUT2D eigenvalue weighted by Crippen LogP contribution is -2.36. The first-order valence-electron chi connectivity index (χ1n) is 11.4. The molecule has 0 spiro atoms. The molecule has 1 atom stereocenters. The molecule has 0 fully saturated rings. The van der Waals surface area contributed by atoms with Gasteiger partial charge in [0, 0.05) is 16.7 Å². The Bertz CT molecular complexity index is 1170. The van der Waals surface area contributed by atoms with Crippen LogP contribution in [0.25, 0.3) is 0 Å². The molecule has 35 heavy (non-hydrogen) atoms. The molecule has 0 aliphatic heterocycles. The number of ether oxygens (including phenoxy) is 1. The van der Waals surface area contributed by atoms with Gasteiger partial charge in [-0.05, 0) is 68.7 Å². The summed E-state index contributed by atoms with van der Waals surface area (Å²) >= 11 is 4.73. The SMILES string of the molecule is CCc1ccc(O[C@H](C)C(=O)NCc2nnc(SCC(=O)Nc3ccc(Br)cc3C)n2CC)cc1. The van der Waals surface area contributed by atoms with E-state index < -0.39 is 6.10 Å². The van der Waals surface area contributed by atoms with Gasteiger partial charge in [0.05, 0.1) is 12.3 Å². The number of rotatable bonds is 11. The largest absolute Gasteiger partial charge is 0.481 e. The van der Waals surface area contributed by atoms with E-state index in [0.29, 0.717) is 23.3 Å². The summed E-state index contributed by atoms with van der Waals surface area (Å²) in [5, 5.41) is 14.8. The normalized spacial score (nSPS) is 11.7. The van der Waals surface area contributed by atoms with Gasteiger partial charge in [-0.15, -0.1) is 10.2 Å². The average molecular weight is 561 g/mol. The molecule has 8 nitrogen and oxygen atoms in total. The second-order valence-electron chi connectivity index (χ2n) is 7.91. The lowest BCUT2D eigenvalue weighted by Gasteiger charge is -2.15. The zero-order chi connectivity index (χ0) is 25.4. The smallest absolute Gasteiger partial charge is 0.261 e. The molecule has 2 aromatic carbocycles. The summed E-state index contributed by atoms with van der Waals surface area (Å²) in [6.07, 6.45) is 0.296. The fourth-order valence-electron chi connectivity index (χ4n) is 3.33. The molecule has 0 aliphatic rings. The number of aryl methyl sites for hydroxylation is 2. The third kappa shape index (κ3) is 7.57. The molecule has 3 rings (SSSR count). The zero-order valence-corrected chi connectivity index (χ0v) is 22.7. The number of carbonyl (C=O) groups excluding carboxylic acids is 2. The Morgan fingerprint density at radius 3 is 2.54 bits per heavy atom. The van der Waals surface area contributed by atoms with Crippen molar-refractivity contribution in [2.45, 2.75) is 58.5 Å². The van der Waals surface area contributed by atoms with Crippen molar-refractivity contribution in [2.24, 2.45) is 0 Å². The van der Waals surface area contributed by atoms with Gasteiger partial charge < -0.3 is 19.9 Å². The predicted molar refractivity (Wildman–Crippen MR) is 142 cm³/mol. The summed E-state index contributed by atoms with van der Waals surface area (Å²) in [5.41, 5.74) is 2.96. The van der Waals surface area contributed by atoms with Crippen LogP contribution in [-0.2, 0) is 29.1 Å². The Morgan fingerprint density at radius 1 is 1.14 bits per heavy atom. The highest BCUT2D eigenvalue weighted by atomic mass is 79.9. The molecule has 186 valence electrons. The zero-order valence-electron chi connectivity index (χ0n) is 20.3. The van der Waals surface area contributed by atoms with Gasteiger partial charge >= 0.3 is 0 Å². The number of nitrogens with zero attached hydrogens (tertiary/aromatic N) is 3. The van der Waals surface area contributed by atoms with Gasteiger partial charge in [0.1, 0.15) is 5.75 Å². The van der Waals surface area contributed by atoms with Crippen LogP contribution in [0, 0.1) is 6.92 Å². The van der Waals surface area contributed by atoms with Crippen LogP contribution in [0.4, 0.5) is 5.69 Å². The Morgan fingerprint density at radius 2 is 1.89 bits per heavy atom. The van der Waals surface area contributed by atoms with E-state index in [9.17, 15) is 9.59 Å². The van der Waals surface area contributed by atoms with Crippen LogP contribution in [0.15, 0.2) is 52.1 Å². The van der Waals surface area contributed by atoms with Gasteiger partial charge in [-0.2, -0.15) is 0 Å². The number of anilines is 1. The van der Waals surface area contributed by atoms with Crippen LogP contribution in [0.1, 0.15) is 37.7 Å². The topological polar surface area (TPSA) is 98.1 Å². The third-order valence-electron chi connectivity index (χ3n) is 5.34. The van der Waals surface area contributed by atoms with Crippen LogP contribution in [0.2, 0.25) is 0 Å². The highest BCUT2D eigenvalue weighted by Gasteiger charge is 2.18. The molecule has 0 aliphatic carbocycles. The summed E-state index contributed by atoms with van der Waals surface area (Å²) in [4.78, 5) is 25.0. The van der Waals surface area contributed by atoms with Crippen LogP contribution >= 0.6 is 27.7 Å². The van der Waals surface area contributed by atoms with Gasteiger partial charge in [-0.1, -0.05) is 46.7 Å². The number of amides is 2. The summed E-state index contributed by atoms with van der Waals surface area (Å²) in [6.45, 7) is 8.54. The van der Waals surface area contributed by atoms with Gasteiger partial charge in [0.15, 0.2) is 17.1 Å². The maximum Gasteiger partial charge on any atom is 0.261 e. The minimum atomic E-state index is -0.653. The standard InChI is InChI=1S/C25H30BrN5O3S/c1-5-18-7-10-20(11-8-18)34-17(4)24(33)27-14-22-29-30-25(31(22)6-2)35-15-23(32)28-21-12-9-19(26)13-16(21)3/h7-13,17H,5-6,14-15H2,1-4H3,(H,27,33)(H,28,32)/t17-/m1/s1. The fraction of sp³-hybridized carbons (Fsp3) is 0.360. The number of nitrogens with one attached hydrogen (secondary N) is 2. The summed E-state index contributed by atoms with van der Waals surface area (Å²) in [5.74, 6) is 1.10. The van der Waals surface area contributed by atoms with Crippen LogP contribution in [0.5, 0.6) is 5.75 Å². The van der Waals surface area contributed by atoms with Crippen molar-refractivity contribution in [3.05, 3.63) is 63.9 Å². The lowest BCUT2D eigenvalue weighted by molar-refractivity contribution is -0.127. The van der Waals surface area contributed by atoms with E-state index in [2.05, 4.69) is 43.7 Å². The van der Waals surface area contributed by atoms with Crippen molar-refractivity contribution in [1.82, 2.24) is 20.1 Å². The second kappa shape index (κ2) is 12.7. The monoisotopic (exact) mass is 559 g/mol. The van der Waals surface area contributed by atoms with Crippen molar-refractivity contribution in [3.8, 4) is 5.75 Å². The van der Waals surface area contributed by atoms with E-state index in [0.717, 1.165) is 22.1 Å². The maximum absolute atomic E-state index is 12.5. The number of thioether (sulfide) groups is 1. The Hall–Kier alpha value is -2.85. The molecule has 2 N–H and O–H groups in total. The Kier molecular flexibility index (Phi) is 9.73. The molecule has 0 saturated heterocycles. The van der Waals surface area contributed by atoms with Crippen molar-refractivity contribution in [2.75, 3.05) is 11.1 Å². The van der Waals surface area contributed by atoms with E-state index in [1.54, 1.807) is 6.92 Å². The van der Waals surface area contributed by atoms with E-state index in [1.165, 1.54) is 17.3 Å². The predicted octanol–water partition coefficient (Wildman–Crippen LogP) is 4.75. The third-order valence-corrected chi connectivity index (χ3v) is 6.80. The number of hydrogen-bond donors (Lipinski definition) is 2. The first-order valence-corrected chi connectivity index (χ1v) is 13.2. The highest BCUT2D eigenvalue weighted by molar-refractivity contribution is 9.10. The molecule has 0 saturated carbocycles. The highest BCUT2D eigenvalue weighted by Crippen LogP contribution is 2.22. The van der Waals surface area contributed by atoms with Crippen molar-refractivity contribution >= 4 is 45.2 Å². The molecular weight excluding hydrogens is 530 g/mol. The van der Waals surface area contributed by atoms with Crippen molar-refractivity contribution in [1.29, 1.82) is 0 Å². The number of halogens is 1. The second-order valence-corrected chi connectivity index (χ2v) is 9.77.